The molecule has 2 aromatic carbocycles. The zero-order valence-electron chi connectivity index (χ0n) is 19.0. The molecule has 1 aliphatic carbocycles. The Balaban J connectivity index is 0.00000280. The van der Waals surface area contributed by atoms with Gasteiger partial charge in [-0.1, -0.05) is 0 Å². The topological polar surface area (TPSA) is 0 Å². The molecule has 0 saturated heterocycles. The van der Waals surface area contributed by atoms with E-state index >= 15 is 0 Å². The van der Waals surface area contributed by atoms with Crippen LogP contribution in [-0.4, -0.2) is 8.80 Å². The first-order valence-corrected chi connectivity index (χ1v) is 13.2. The van der Waals surface area contributed by atoms with Gasteiger partial charge in [-0.2, -0.15) is 0 Å². The Morgan fingerprint density at radius 3 is 1.90 bits per heavy atom. The standard InChI is InChI=1S/C25H33Si.3ClH.Ti/c1-7-8-11-16-26(24-15-14-22-12-9-10-13-23(22)24)25-20(5)18(3)17(2)19(4)21(25)6;;;;/h9-10,12-15,26H,7-8,11,16H2,1-6H3;3*1H;/q;;;;+3/p-3. The summed E-state index contributed by atoms with van der Waals surface area (Å²) in [5, 5.41) is 1.75. The Bertz CT molecular complexity index is 865. The fourth-order valence-electron chi connectivity index (χ4n) is 4.88. The van der Waals surface area contributed by atoms with E-state index in [1.807, 2.05) is 0 Å². The predicted octanol–water partition coefficient (Wildman–Crippen LogP) is -3.13. The molecular weight excluding hydrogens is 483 g/mol. The molecule has 0 nitrogen and oxygen atoms in total. The van der Waals surface area contributed by atoms with Crippen molar-refractivity contribution < 1.29 is 57.7 Å². The molecule has 0 spiro atoms. The molecule has 30 heavy (non-hydrogen) atoms. The van der Waals surface area contributed by atoms with E-state index in [1.54, 1.807) is 21.9 Å². The normalized spacial score (nSPS) is 17.5. The number of unbranched alkanes of at least 4 members (excludes halogenated alkanes) is 2. The molecule has 0 aliphatic heterocycles. The maximum absolute atomic E-state index is 2.55. The largest absolute Gasteiger partial charge is 1.00 e. The third-order valence-electron chi connectivity index (χ3n) is 6.98. The minimum atomic E-state index is -1.27. The monoisotopic (exact) mass is 514 g/mol. The van der Waals surface area contributed by atoms with Crippen LogP contribution >= 0.6 is 0 Å². The molecule has 0 saturated carbocycles. The molecule has 2 atom stereocenters. The van der Waals surface area contributed by atoms with E-state index in [0.717, 1.165) is 0 Å². The molecule has 0 N–H and O–H groups in total. The molecule has 1 aliphatic rings. The molecule has 0 amide bonds. The fraction of sp³-hybridized carbons (Fsp3) is 0.440. The molecule has 0 radical (unpaired) electrons. The molecule has 0 aromatic heterocycles. The average Bonchev–Trinajstić information content (AvgIpc) is 3.02. The van der Waals surface area contributed by atoms with Crippen LogP contribution in [0.1, 0.15) is 65.1 Å². The summed E-state index contributed by atoms with van der Waals surface area (Å²) in [6.45, 7) is 14.1. The van der Waals surface area contributed by atoms with E-state index in [-0.39, 0.29) is 40.6 Å². The molecular formula is C25H33Cl3SiTi. The maximum Gasteiger partial charge on any atom is -1.00 e. The summed E-state index contributed by atoms with van der Waals surface area (Å²) < 4.78 is 0.216. The summed E-state index contributed by atoms with van der Waals surface area (Å²) in [4.78, 5) is 0. The van der Waals surface area contributed by atoms with Crippen LogP contribution in [-0.2, 0) is 23.8 Å². The van der Waals surface area contributed by atoms with E-state index < -0.39 is 8.80 Å². The molecule has 2 aromatic rings. The first kappa shape index (κ1) is 30.0. The number of hydrogen-bond donors (Lipinski definition) is 0. The maximum atomic E-state index is 2.55. The van der Waals surface area contributed by atoms with Crippen molar-refractivity contribution in [1.29, 1.82) is 0 Å². The number of allylic oxidation sites excluding steroid dienone is 1. The second-order valence-electron chi connectivity index (χ2n) is 8.38. The Morgan fingerprint density at radius 1 is 0.800 bits per heavy atom. The van der Waals surface area contributed by atoms with E-state index in [4.69, 9.17) is 0 Å². The molecule has 0 heterocycles. The van der Waals surface area contributed by atoms with E-state index in [1.165, 1.54) is 47.6 Å². The summed E-state index contributed by atoms with van der Waals surface area (Å²) in [6.07, 6.45) is 8.95. The summed E-state index contributed by atoms with van der Waals surface area (Å²) in [6, 6.07) is 10.5. The second kappa shape index (κ2) is 12.3. The minimum Gasteiger partial charge on any atom is -1.00 e. The van der Waals surface area contributed by atoms with Gasteiger partial charge >= 0.3 is 180 Å². The number of halogens is 3. The van der Waals surface area contributed by atoms with Crippen LogP contribution in [0.3, 0.4) is 0 Å². The minimum absolute atomic E-state index is 0. The van der Waals surface area contributed by atoms with Crippen molar-refractivity contribution in [3.05, 3.63) is 69.3 Å². The van der Waals surface area contributed by atoms with Crippen molar-refractivity contribution >= 4 is 20.1 Å². The van der Waals surface area contributed by atoms with E-state index in [0.29, 0.717) is 0 Å². The average molecular weight is 516 g/mol. The van der Waals surface area contributed by atoms with Crippen molar-refractivity contribution in [3.8, 4) is 0 Å². The molecule has 162 valence electrons. The predicted molar refractivity (Wildman–Crippen MR) is 118 cm³/mol. The molecule has 5 heteroatoms. The van der Waals surface area contributed by atoms with Gasteiger partial charge in [0.2, 0.25) is 0 Å². The molecule has 0 bridgehead atoms. The fourth-order valence-corrected chi connectivity index (χ4v) is 11.1. The molecule has 3 rings (SSSR count). The Kier molecular flexibility index (Phi) is 12.3. The third-order valence-corrected chi connectivity index (χ3v) is 13.4. The zero-order chi connectivity index (χ0) is 19.8. The number of fused-ring (bicyclic) bond motifs is 1. The van der Waals surface area contributed by atoms with Crippen molar-refractivity contribution in [1.82, 2.24) is 0 Å². The number of hydrogen-bond acceptors (Lipinski definition) is 0. The summed E-state index contributed by atoms with van der Waals surface area (Å²) in [7, 11) is -1.27. The zero-order valence-corrected chi connectivity index (χ0v) is 24.0. The Hall–Kier alpha value is -0.0188. The van der Waals surface area contributed by atoms with Crippen LogP contribution in [0.25, 0.3) is 6.08 Å². The Morgan fingerprint density at radius 2 is 1.33 bits per heavy atom. The van der Waals surface area contributed by atoms with Gasteiger partial charge in [-0.05, 0) is 0 Å². The number of rotatable bonds is 6. The van der Waals surface area contributed by atoms with Crippen LogP contribution in [0, 0.1) is 34.6 Å². The van der Waals surface area contributed by atoms with Gasteiger partial charge in [-0.25, -0.2) is 0 Å². The van der Waals surface area contributed by atoms with Crippen molar-refractivity contribution in [2.45, 2.75) is 70.2 Å². The first-order valence-electron chi connectivity index (χ1n) is 10.4. The van der Waals surface area contributed by atoms with Gasteiger partial charge in [0, 0.05) is 0 Å². The van der Waals surface area contributed by atoms with Crippen LogP contribution < -0.4 is 42.4 Å². The third kappa shape index (κ3) is 5.30. The summed E-state index contributed by atoms with van der Waals surface area (Å²) in [5.41, 5.74) is 10.7. The van der Waals surface area contributed by atoms with Crippen LogP contribution in [0.4, 0.5) is 0 Å². The van der Waals surface area contributed by atoms with Gasteiger partial charge in [0.25, 0.3) is 0 Å². The molecule has 2 unspecified atom stereocenters. The summed E-state index contributed by atoms with van der Waals surface area (Å²) >= 11 is 2.53. The van der Waals surface area contributed by atoms with Gasteiger partial charge in [0.05, 0.1) is 0 Å². The SMILES string of the molecule is CCCCC[SiH](c1c(C)c(C)c(C)c(C)c1C)[C]1([Ti+3])C=Cc2ccccc21.[Cl-].[Cl-].[Cl-]. The molecule has 0 fully saturated rings. The van der Waals surface area contributed by atoms with Crippen molar-refractivity contribution in [2.24, 2.45) is 0 Å². The van der Waals surface area contributed by atoms with Gasteiger partial charge in [-0.3, -0.25) is 0 Å². The van der Waals surface area contributed by atoms with E-state index in [2.05, 4.69) is 98.4 Å². The van der Waals surface area contributed by atoms with Gasteiger partial charge < -0.3 is 37.2 Å². The first-order chi connectivity index (χ1) is 12.8. The van der Waals surface area contributed by atoms with Crippen LogP contribution in [0.15, 0.2) is 30.3 Å². The van der Waals surface area contributed by atoms with Gasteiger partial charge in [0.1, 0.15) is 0 Å². The quantitative estimate of drug-likeness (QED) is 0.282. The van der Waals surface area contributed by atoms with Crippen LogP contribution in [0.5, 0.6) is 0 Å². The van der Waals surface area contributed by atoms with Crippen LogP contribution in [0.2, 0.25) is 6.04 Å². The smallest absolute Gasteiger partial charge is 1.00 e. The van der Waals surface area contributed by atoms with Crippen molar-refractivity contribution in [3.63, 3.8) is 0 Å². The number of benzene rings is 2. The van der Waals surface area contributed by atoms with Gasteiger partial charge in [0.15, 0.2) is 0 Å². The van der Waals surface area contributed by atoms with E-state index in [9.17, 15) is 0 Å². The van der Waals surface area contributed by atoms with Crippen molar-refractivity contribution in [2.75, 3.05) is 0 Å². The second-order valence-corrected chi connectivity index (χ2v) is 13.7. The Labute approximate surface area is 215 Å². The van der Waals surface area contributed by atoms with Gasteiger partial charge in [-0.15, -0.1) is 0 Å². The summed E-state index contributed by atoms with van der Waals surface area (Å²) in [5.74, 6) is 0.